The van der Waals surface area contributed by atoms with Crippen LogP contribution in [0.2, 0.25) is 0 Å². The van der Waals surface area contributed by atoms with Gasteiger partial charge in [-0.05, 0) is 49.5 Å². The van der Waals surface area contributed by atoms with Crippen molar-refractivity contribution in [1.29, 1.82) is 5.26 Å². The summed E-state index contributed by atoms with van der Waals surface area (Å²) in [5.74, 6) is -0.439. The van der Waals surface area contributed by atoms with Crippen molar-refractivity contribution in [2.24, 2.45) is 5.92 Å². The third-order valence-electron chi connectivity index (χ3n) is 3.36. The van der Waals surface area contributed by atoms with Gasteiger partial charge in [0.15, 0.2) is 11.5 Å². The van der Waals surface area contributed by atoms with Gasteiger partial charge in [-0.2, -0.15) is 5.26 Å². The van der Waals surface area contributed by atoms with Crippen LogP contribution in [0.5, 0.6) is 11.5 Å². The summed E-state index contributed by atoms with van der Waals surface area (Å²) in [6, 6.07) is 6.04. The topological polar surface area (TPSA) is 93.4 Å². The number of rotatable bonds is 4. The monoisotopic (exact) mass is 272 g/mol. The van der Waals surface area contributed by atoms with Crippen molar-refractivity contribution in [3.63, 3.8) is 0 Å². The highest BCUT2D eigenvalue weighted by Crippen LogP contribution is 2.32. The molecular formula is C15H16N2O3. The lowest BCUT2D eigenvalue weighted by Crippen LogP contribution is -2.34. The second-order valence-corrected chi connectivity index (χ2v) is 5.02. The molecule has 0 aromatic heterocycles. The van der Waals surface area contributed by atoms with Gasteiger partial charge in [0.05, 0.1) is 0 Å². The molecule has 1 unspecified atom stereocenters. The summed E-state index contributed by atoms with van der Waals surface area (Å²) < 4.78 is 0. The number of nitrogens with zero attached hydrogens (tertiary/aromatic N) is 1. The summed E-state index contributed by atoms with van der Waals surface area (Å²) in [6.45, 7) is 1.93. The quantitative estimate of drug-likeness (QED) is 0.443. The van der Waals surface area contributed by atoms with E-state index in [2.05, 4.69) is 5.32 Å². The fourth-order valence-electron chi connectivity index (χ4n) is 1.94. The van der Waals surface area contributed by atoms with E-state index >= 15 is 0 Å². The van der Waals surface area contributed by atoms with Crippen LogP contribution in [0.3, 0.4) is 0 Å². The molecular weight excluding hydrogens is 256 g/mol. The van der Waals surface area contributed by atoms with Crippen molar-refractivity contribution in [2.75, 3.05) is 0 Å². The van der Waals surface area contributed by atoms with Gasteiger partial charge in [0.1, 0.15) is 11.6 Å². The van der Waals surface area contributed by atoms with Gasteiger partial charge in [-0.1, -0.05) is 6.07 Å². The van der Waals surface area contributed by atoms with Crippen LogP contribution in [0.15, 0.2) is 23.8 Å². The van der Waals surface area contributed by atoms with Crippen LogP contribution in [0, 0.1) is 17.2 Å². The molecule has 1 aromatic carbocycles. The van der Waals surface area contributed by atoms with Gasteiger partial charge in [0.25, 0.3) is 5.91 Å². The zero-order valence-corrected chi connectivity index (χ0v) is 11.1. The van der Waals surface area contributed by atoms with E-state index in [0.717, 1.165) is 12.8 Å². The summed E-state index contributed by atoms with van der Waals surface area (Å²) in [5, 5.41) is 30.5. The number of phenolic OH excluding ortho intramolecular Hbond substituents is 2. The van der Waals surface area contributed by atoms with Crippen LogP contribution >= 0.6 is 0 Å². The number of nitrogens with one attached hydrogen (secondary N) is 1. The van der Waals surface area contributed by atoms with Crippen LogP contribution < -0.4 is 5.32 Å². The minimum absolute atomic E-state index is 0.0254. The van der Waals surface area contributed by atoms with E-state index in [0.29, 0.717) is 11.5 Å². The first-order chi connectivity index (χ1) is 9.51. The SMILES string of the molecule is CC(NC(=O)/C(C#N)=C/c1ccc(O)c(O)c1)C1CC1. The van der Waals surface area contributed by atoms with Gasteiger partial charge in [0.2, 0.25) is 0 Å². The standard InChI is InChI=1S/C15H16N2O3/c1-9(11-3-4-11)17-15(20)12(8-16)6-10-2-5-13(18)14(19)7-10/h2,5-7,9,11,18-19H,3-4H2,1H3,(H,17,20)/b12-6+. The highest BCUT2D eigenvalue weighted by Gasteiger charge is 2.29. The van der Waals surface area contributed by atoms with Gasteiger partial charge < -0.3 is 15.5 Å². The van der Waals surface area contributed by atoms with Gasteiger partial charge in [-0.25, -0.2) is 0 Å². The highest BCUT2D eigenvalue weighted by molar-refractivity contribution is 6.01. The lowest BCUT2D eigenvalue weighted by atomic mass is 10.1. The van der Waals surface area contributed by atoms with E-state index in [1.54, 1.807) is 0 Å². The summed E-state index contributed by atoms with van der Waals surface area (Å²) in [5.41, 5.74) is 0.452. The van der Waals surface area contributed by atoms with Crippen molar-refractivity contribution in [1.82, 2.24) is 5.32 Å². The predicted molar refractivity (Wildman–Crippen MR) is 73.7 cm³/mol. The van der Waals surface area contributed by atoms with Gasteiger partial charge in [-0.15, -0.1) is 0 Å². The average molecular weight is 272 g/mol. The maximum absolute atomic E-state index is 12.0. The number of benzene rings is 1. The molecule has 0 aliphatic heterocycles. The zero-order chi connectivity index (χ0) is 14.7. The molecule has 1 amide bonds. The largest absolute Gasteiger partial charge is 0.504 e. The summed E-state index contributed by atoms with van der Waals surface area (Å²) in [4.78, 5) is 12.0. The van der Waals surface area contributed by atoms with Crippen molar-refractivity contribution < 1.29 is 15.0 Å². The van der Waals surface area contributed by atoms with E-state index < -0.39 is 5.91 Å². The summed E-state index contributed by atoms with van der Waals surface area (Å²) in [7, 11) is 0. The Labute approximate surface area is 117 Å². The van der Waals surface area contributed by atoms with Crippen molar-refractivity contribution >= 4 is 12.0 Å². The average Bonchev–Trinajstić information content (AvgIpc) is 3.24. The number of hydrogen-bond donors (Lipinski definition) is 3. The molecule has 1 aliphatic carbocycles. The minimum Gasteiger partial charge on any atom is -0.504 e. The Hall–Kier alpha value is -2.48. The van der Waals surface area contributed by atoms with Gasteiger partial charge in [-0.3, -0.25) is 4.79 Å². The van der Waals surface area contributed by atoms with Crippen molar-refractivity contribution in [3.05, 3.63) is 29.3 Å². The maximum atomic E-state index is 12.0. The number of aromatic hydroxyl groups is 2. The molecule has 1 atom stereocenters. The van der Waals surface area contributed by atoms with Crippen molar-refractivity contribution in [3.8, 4) is 17.6 Å². The van der Waals surface area contributed by atoms with Crippen LogP contribution in [0.4, 0.5) is 0 Å². The maximum Gasteiger partial charge on any atom is 0.262 e. The Morgan fingerprint density at radius 1 is 1.45 bits per heavy atom. The molecule has 20 heavy (non-hydrogen) atoms. The summed E-state index contributed by atoms with van der Waals surface area (Å²) in [6.07, 6.45) is 3.60. The van der Waals surface area contributed by atoms with Crippen LogP contribution in [-0.2, 0) is 4.79 Å². The van der Waals surface area contributed by atoms with E-state index in [1.807, 2.05) is 13.0 Å². The van der Waals surface area contributed by atoms with Gasteiger partial charge in [0, 0.05) is 6.04 Å². The number of phenols is 2. The highest BCUT2D eigenvalue weighted by atomic mass is 16.3. The second kappa shape index (κ2) is 5.66. The predicted octanol–water partition coefficient (Wildman–Crippen LogP) is 1.92. The number of carbonyl (C=O) groups excluding carboxylic acids is 1. The molecule has 5 heteroatoms. The van der Waals surface area contributed by atoms with Crippen molar-refractivity contribution in [2.45, 2.75) is 25.8 Å². The third-order valence-corrected chi connectivity index (χ3v) is 3.36. The first-order valence-corrected chi connectivity index (χ1v) is 6.46. The second-order valence-electron chi connectivity index (χ2n) is 5.02. The smallest absolute Gasteiger partial charge is 0.262 e. The Bertz CT molecular complexity index is 598. The molecule has 104 valence electrons. The molecule has 0 bridgehead atoms. The Morgan fingerprint density at radius 2 is 2.15 bits per heavy atom. The van der Waals surface area contributed by atoms with E-state index in [4.69, 9.17) is 5.26 Å². The van der Waals surface area contributed by atoms with E-state index in [-0.39, 0.29) is 23.1 Å². The van der Waals surface area contributed by atoms with Crippen LogP contribution in [0.1, 0.15) is 25.3 Å². The minimum atomic E-state index is -0.417. The first-order valence-electron chi connectivity index (χ1n) is 6.46. The molecule has 3 N–H and O–H groups in total. The summed E-state index contributed by atoms with van der Waals surface area (Å²) >= 11 is 0. The fourth-order valence-corrected chi connectivity index (χ4v) is 1.94. The van der Waals surface area contributed by atoms with E-state index in [1.165, 1.54) is 24.3 Å². The fraction of sp³-hybridized carbons (Fsp3) is 0.333. The third kappa shape index (κ3) is 3.29. The number of carbonyl (C=O) groups is 1. The first kappa shape index (κ1) is 13.9. The molecule has 2 rings (SSSR count). The number of hydrogen-bond acceptors (Lipinski definition) is 4. The molecule has 1 aromatic rings. The van der Waals surface area contributed by atoms with Crippen LogP contribution in [0.25, 0.3) is 6.08 Å². The molecule has 1 aliphatic rings. The van der Waals surface area contributed by atoms with Gasteiger partial charge >= 0.3 is 0 Å². The Morgan fingerprint density at radius 3 is 2.70 bits per heavy atom. The lowest BCUT2D eigenvalue weighted by molar-refractivity contribution is -0.117. The molecule has 0 saturated heterocycles. The van der Waals surface area contributed by atoms with E-state index in [9.17, 15) is 15.0 Å². The molecule has 5 nitrogen and oxygen atoms in total. The number of nitriles is 1. The molecule has 0 spiro atoms. The molecule has 0 radical (unpaired) electrons. The normalized spacial score (nSPS) is 16.3. The zero-order valence-electron chi connectivity index (χ0n) is 11.1. The molecule has 1 fully saturated rings. The molecule has 1 saturated carbocycles. The lowest BCUT2D eigenvalue weighted by Gasteiger charge is -2.11. The van der Waals surface area contributed by atoms with Crippen LogP contribution in [-0.4, -0.2) is 22.2 Å². The Balaban J connectivity index is 2.13. The Kier molecular flexibility index (Phi) is 3.94. The molecule has 0 heterocycles. The number of amides is 1.